The maximum atomic E-state index is 12.1. The molecule has 2 unspecified atom stereocenters. The first kappa shape index (κ1) is 15.5. The van der Waals surface area contributed by atoms with Gasteiger partial charge in [0.05, 0.1) is 6.04 Å². The van der Waals surface area contributed by atoms with Crippen molar-refractivity contribution in [1.82, 2.24) is 25.4 Å². The molecule has 23 heavy (non-hydrogen) atoms. The fourth-order valence-corrected chi connectivity index (χ4v) is 3.28. The van der Waals surface area contributed by atoms with E-state index in [1.807, 2.05) is 18.5 Å². The second-order valence-corrected chi connectivity index (χ2v) is 6.16. The van der Waals surface area contributed by atoms with E-state index in [0.717, 1.165) is 18.7 Å². The summed E-state index contributed by atoms with van der Waals surface area (Å²) in [6, 6.07) is 8.19. The molecule has 6 nitrogen and oxygen atoms in total. The lowest BCUT2D eigenvalue weighted by atomic mass is 9.83. The highest BCUT2D eigenvalue weighted by Gasteiger charge is 2.21. The van der Waals surface area contributed by atoms with Crippen LogP contribution in [0.25, 0.3) is 0 Å². The number of hydrogen-bond donors (Lipinski definition) is 2. The van der Waals surface area contributed by atoms with Crippen molar-refractivity contribution in [1.29, 1.82) is 0 Å². The second-order valence-electron chi connectivity index (χ2n) is 6.16. The minimum atomic E-state index is -0.179. The average molecular weight is 313 g/mol. The summed E-state index contributed by atoms with van der Waals surface area (Å²) in [7, 11) is 1.87. The molecule has 0 saturated heterocycles. The molecule has 0 bridgehead atoms. The highest BCUT2D eigenvalue weighted by molar-refractivity contribution is 5.74. The molecule has 0 spiro atoms. The summed E-state index contributed by atoms with van der Waals surface area (Å²) in [6.07, 6.45) is 5.07. The normalized spacial score (nSPS) is 18.1. The molecule has 0 aliphatic heterocycles. The van der Waals surface area contributed by atoms with Crippen molar-refractivity contribution in [2.75, 3.05) is 6.54 Å². The Hall–Kier alpha value is -2.37. The molecular weight excluding hydrogens is 290 g/mol. The van der Waals surface area contributed by atoms with Gasteiger partial charge in [0.2, 0.25) is 0 Å². The standard InChI is InChI=1S/C17H23N5O/c1-12(16-21-19-11-22(16)2)20-17(23)18-10-14-8-5-7-13-6-3-4-9-15(13)14/h3-4,6,9,11-12,14H,5,7-8,10H2,1-2H3,(H2,18,20,23). The summed E-state index contributed by atoms with van der Waals surface area (Å²) < 4.78 is 1.81. The number of aryl methyl sites for hydroxylation is 2. The Bertz CT molecular complexity index is 681. The molecule has 1 aliphatic carbocycles. The number of hydrogen-bond acceptors (Lipinski definition) is 3. The van der Waals surface area contributed by atoms with E-state index in [4.69, 9.17) is 0 Å². The highest BCUT2D eigenvalue weighted by atomic mass is 16.2. The van der Waals surface area contributed by atoms with E-state index in [9.17, 15) is 4.79 Å². The van der Waals surface area contributed by atoms with Gasteiger partial charge in [-0.05, 0) is 37.3 Å². The number of fused-ring (bicyclic) bond motifs is 1. The minimum Gasteiger partial charge on any atom is -0.338 e. The predicted octanol–water partition coefficient (Wildman–Crippen LogP) is 2.30. The van der Waals surface area contributed by atoms with Gasteiger partial charge in [-0.3, -0.25) is 0 Å². The summed E-state index contributed by atoms with van der Waals surface area (Å²) in [5.41, 5.74) is 2.79. The van der Waals surface area contributed by atoms with E-state index in [1.54, 1.807) is 6.33 Å². The van der Waals surface area contributed by atoms with Gasteiger partial charge >= 0.3 is 6.03 Å². The lowest BCUT2D eigenvalue weighted by Gasteiger charge is -2.26. The van der Waals surface area contributed by atoms with Gasteiger partial charge in [0, 0.05) is 19.5 Å². The van der Waals surface area contributed by atoms with Crippen LogP contribution in [-0.4, -0.2) is 27.3 Å². The predicted molar refractivity (Wildman–Crippen MR) is 88.1 cm³/mol. The molecule has 2 amide bonds. The number of aromatic nitrogens is 3. The monoisotopic (exact) mass is 313 g/mol. The average Bonchev–Trinajstić information content (AvgIpc) is 2.99. The SMILES string of the molecule is CC(NC(=O)NCC1CCCc2ccccc21)c1nncn1C. The van der Waals surface area contributed by atoms with Crippen molar-refractivity contribution >= 4 is 6.03 Å². The summed E-state index contributed by atoms with van der Waals surface area (Å²) in [6.45, 7) is 2.56. The van der Waals surface area contributed by atoms with E-state index in [1.165, 1.54) is 17.5 Å². The van der Waals surface area contributed by atoms with Crippen molar-refractivity contribution in [3.63, 3.8) is 0 Å². The van der Waals surface area contributed by atoms with E-state index in [0.29, 0.717) is 12.5 Å². The number of carbonyl (C=O) groups excluding carboxylic acids is 1. The van der Waals surface area contributed by atoms with Crippen LogP contribution >= 0.6 is 0 Å². The van der Waals surface area contributed by atoms with Gasteiger partial charge in [-0.15, -0.1) is 10.2 Å². The number of carbonyl (C=O) groups is 1. The molecule has 1 heterocycles. The van der Waals surface area contributed by atoms with Crippen LogP contribution in [0.15, 0.2) is 30.6 Å². The number of nitrogens with one attached hydrogen (secondary N) is 2. The smallest absolute Gasteiger partial charge is 0.315 e. The molecule has 3 rings (SSSR count). The van der Waals surface area contributed by atoms with Crippen molar-refractivity contribution in [3.8, 4) is 0 Å². The highest BCUT2D eigenvalue weighted by Crippen LogP contribution is 2.30. The summed E-state index contributed by atoms with van der Waals surface area (Å²) in [5.74, 6) is 1.14. The van der Waals surface area contributed by atoms with Gasteiger partial charge in [0.1, 0.15) is 6.33 Å². The molecule has 1 aliphatic rings. The molecule has 1 aromatic carbocycles. The van der Waals surface area contributed by atoms with Crippen LogP contribution in [0.1, 0.15) is 48.7 Å². The van der Waals surface area contributed by atoms with Crippen molar-refractivity contribution < 1.29 is 4.79 Å². The Balaban J connectivity index is 1.55. The third-order valence-electron chi connectivity index (χ3n) is 4.48. The zero-order valence-corrected chi connectivity index (χ0v) is 13.6. The number of nitrogens with zero attached hydrogens (tertiary/aromatic N) is 3. The van der Waals surface area contributed by atoms with E-state index < -0.39 is 0 Å². The van der Waals surface area contributed by atoms with Crippen LogP contribution in [-0.2, 0) is 13.5 Å². The van der Waals surface area contributed by atoms with Crippen LogP contribution in [0.4, 0.5) is 4.79 Å². The molecule has 0 saturated carbocycles. The molecule has 6 heteroatoms. The zero-order chi connectivity index (χ0) is 16.2. The first-order valence-electron chi connectivity index (χ1n) is 8.11. The van der Waals surface area contributed by atoms with Crippen LogP contribution in [0.2, 0.25) is 0 Å². The van der Waals surface area contributed by atoms with E-state index in [-0.39, 0.29) is 12.1 Å². The minimum absolute atomic E-state index is 0.163. The second kappa shape index (κ2) is 6.81. The number of urea groups is 1. The molecule has 1 aromatic heterocycles. The van der Waals surface area contributed by atoms with Crippen LogP contribution in [0, 0.1) is 0 Å². The molecule has 0 radical (unpaired) electrons. The van der Waals surface area contributed by atoms with Crippen LogP contribution in [0.3, 0.4) is 0 Å². The molecule has 122 valence electrons. The lowest BCUT2D eigenvalue weighted by molar-refractivity contribution is 0.236. The van der Waals surface area contributed by atoms with Gasteiger partial charge in [0.25, 0.3) is 0 Å². The van der Waals surface area contributed by atoms with Gasteiger partial charge in [-0.1, -0.05) is 24.3 Å². The first-order valence-corrected chi connectivity index (χ1v) is 8.11. The Morgan fingerprint density at radius 2 is 2.26 bits per heavy atom. The lowest BCUT2D eigenvalue weighted by Crippen LogP contribution is -2.40. The molecular formula is C17H23N5O. The largest absolute Gasteiger partial charge is 0.338 e. The number of amides is 2. The molecule has 0 fully saturated rings. The first-order chi connectivity index (χ1) is 11.1. The van der Waals surface area contributed by atoms with Crippen molar-refractivity contribution in [3.05, 3.63) is 47.5 Å². The van der Waals surface area contributed by atoms with Gasteiger partial charge in [0.15, 0.2) is 5.82 Å². The molecule has 2 atom stereocenters. The zero-order valence-electron chi connectivity index (χ0n) is 13.6. The van der Waals surface area contributed by atoms with Gasteiger partial charge in [-0.25, -0.2) is 4.79 Å². The Morgan fingerprint density at radius 1 is 1.43 bits per heavy atom. The van der Waals surface area contributed by atoms with Gasteiger partial charge < -0.3 is 15.2 Å². The van der Waals surface area contributed by atoms with Crippen molar-refractivity contribution in [2.45, 2.75) is 38.1 Å². The Morgan fingerprint density at radius 3 is 3.04 bits per heavy atom. The quantitative estimate of drug-likeness (QED) is 0.910. The Kier molecular flexibility index (Phi) is 4.60. The topological polar surface area (TPSA) is 71.8 Å². The molecule has 2 aromatic rings. The van der Waals surface area contributed by atoms with Crippen molar-refractivity contribution in [2.24, 2.45) is 7.05 Å². The van der Waals surface area contributed by atoms with E-state index in [2.05, 4.69) is 45.1 Å². The number of rotatable bonds is 4. The molecule has 2 N–H and O–H groups in total. The van der Waals surface area contributed by atoms with Crippen LogP contribution < -0.4 is 10.6 Å². The fraction of sp³-hybridized carbons (Fsp3) is 0.471. The fourth-order valence-electron chi connectivity index (χ4n) is 3.28. The number of benzene rings is 1. The van der Waals surface area contributed by atoms with E-state index >= 15 is 0 Å². The summed E-state index contributed by atoms with van der Waals surface area (Å²) in [5, 5.41) is 13.8. The van der Waals surface area contributed by atoms with Crippen LogP contribution in [0.5, 0.6) is 0 Å². The maximum absolute atomic E-state index is 12.1. The van der Waals surface area contributed by atoms with Gasteiger partial charge in [-0.2, -0.15) is 0 Å². The summed E-state index contributed by atoms with van der Waals surface area (Å²) in [4.78, 5) is 12.1. The maximum Gasteiger partial charge on any atom is 0.315 e. The summed E-state index contributed by atoms with van der Waals surface area (Å²) >= 11 is 0. The third-order valence-corrected chi connectivity index (χ3v) is 4.48. The third kappa shape index (κ3) is 3.52. The Labute approximate surface area is 136 Å².